The summed E-state index contributed by atoms with van der Waals surface area (Å²) in [5, 5.41) is 6.31. The topological polar surface area (TPSA) is 59.6 Å². The third kappa shape index (κ3) is 10.9. The average Bonchev–Trinajstić information content (AvgIpc) is 2.30. The molecule has 132 valence electrons. The predicted octanol–water partition coefficient (Wildman–Crippen LogP) is 3.19. The normalized spacial score (nSPS) is 14.0. The molecular weight excluding hydrogens is 280 g/mol. The van der Waals surface area contributed by atoms with Crippen LogP contribution in [0, 0.1) is 11.8 Å². The van der Waals surface area contributed by atoms with E-state index >= 15 is 0 Å². The van der Waals surface area contributed by atoms with Crippen molar-refractivity contribution >= 4 is 6.09 Å². The summed E-state index contributed by atoms with van der Waals surface area (Å²) in [6.07, 6.45) is -0.354. The number of carbonyl (C=O) groups is 1. The summed E-state index contributed by atoms with van der Waals surface area (Å²) in [7, 11) is 0. The van der Waals surface area contributed by atoms with Gasteiger partial charge in [-0.2, -0.15) is 0 Å². The molecule has 1 unspecified atom stereocenters. The van der Waals surface area contributed by atoms with Crippen LogP contribution in [0.2, 0.25) is 0 Å². The minimum atomic E-state index is -0.461. The maximum Gasteiger partial charge on any atom is 0.407 e. The lowest BCUT2D eigenvalue weighted by Crippen LogP contribution is -2.43. The van der Waals surface area contributed by atoms with Crippen LogP contribution >= 0.6 is 0 Å². The largest absolute Gasteiger partial charge is 0.444 e. The van der Waals surface area contributed by atoms with Gasteiger partial charge in [0.1, 0.15) is 5.60 Å². The second-order valence-corrected chi connectivity index (χ2v) is 7.71. The Morgan fingerprint density at radius 2 is 1.68 bits per heavy atom. The van der Waals surface area contributed by atoms with Crippen molar-refractivity contribution in [3.05, 3.63) is 0 Å². The number of amides is 1. The molecule has 5 nitrogen and oxygen atoms in total. The number of ether oxygens (including phenoxy) is 2. The van der Waals surface area contributed by atoms with E-state index in [1.165, 1.54) is 0 Å². The highest BCUT2D eigenvalue weighted by atomic mass is 16.6. The van der Waals surface area contributed by atoms with Gasteiger partial charge in [0.25, 0.3) is 0 Å². The van der Waals surface area contributed by atoms with Crippen molar-refractivity contribution in [3.63, 3.8) is 0 Å². The SMILES string of the molecule is CCOC(C)(C)CNCC(CNC(=O)OC(C)(C)C)C(C)C. The number of carbonyl (C=O) groups excluding carboxylic acids is 1. The van der Waals surface area contributed by atoms with Gasteiger partial charge in [0, 0.05) is 19.7 Å². The molecule has 0 saturated carbocycles. The van der Waals surface area contributed by atoms with Crippen LogP contribution < -0.4 is 10.6 Å². The quantitative estimate of drug-likeness (QED) is 0.686. The highest BCUT2D eigenvalue weighted by Crippen LogP contribution is 2.12. The third-order valence-electron chi connectivity index (χ3n) is 3.34. The van der Waals surface area contributed by atoms with Gasteiger partial charge in [-0.1, -0.05) is 13.8 Å². The van der Waals surface area contributed by atoms with Crippen LogP contribution in [0.4, 0.5) is 4.79 Å². The first-order valence-corrected chi connectivity index (χ1v) is 8.28. The monoisotopic (exact) mass is 316 g/mol. The third-order valence-corrected chi connectivity index (χ3v) is 3.34. The van der Waals surface area contributed by atoms with Crippen LogP contribution in [0.1, 0.15) is 55.4 Å². The fourth-order valence-corrected chi connectivity index (χ4v) is 2.07. The summed E-state index contributed by atoms with van der Waals surface area (Å²) in [4.78, 5) is 11.7. The van der Waals surface area contributed by atoms with E-state index in [0.717, 1.165) is 13.1 Å². The van der Waals surface area contributed by atoms with E-state index in [0.29, 0.717) is 25.0 Å². The molecule has 2 N–H and O–H groups in total. The Morgan fingerprint density at radius 1 is 1.09 bits per heavy atom. The first-order chi connectivity index (χ1) is 9.97. The Morgan fingerprint density at radius 3 is 2.14 bits per heavy atom. The van der Waals surface area contributed by atoms with Gasteiger partial charge >= 0.3 is 6.09 Å². The second kappa shape index (κ2) is 9.36. The molecule has 0 fully saturated rings. The lowest BCUT2D eigenvalue weighted by molar-refractivity contribution is -0.00958. The molecule has 0 aromatic heterocycles. The molecule has 0 aliphatic carbocycles. The van der Waals surface area contributed by atoms with Gasteiger partial charge in [-0.3, -0.25) is 0 Å². The lowest BCUT2D eigenvalue weighted by atomic mass is 9.95. The number of alkyl carbamates (subject to hydrolysis) is 1. The van der Waals surface area contributed by atoms with Gasteiger partial charge in [-0.25, -0.2) is 4.79 Å². The molecule has 0 aromatic carbocycles. The van der Waals surface area contributed by atoms with Crippen molar-refractivity contribution in [2.75, 3.05) is 26.2 Å². The van der Waals surface area contributed by atoms with E-state index in [4.69, 9.17) is 9.47 Å². The summed E-state index contributed by atoms with van der Waals surface area (Å²) in [5.41, 5.74) is -0.633. The van der Waals surface area contributed by atoms with Gasteiger partial charge in [-0.15, -0.1) is 0 Å². The van der Waals surface area contributed by atoms with Gasteiger partial charge in [0.05, 0.1) is 5.60 Å². The van der Waals surface area contributed by atoms with Crippen molar-refractivity contribution < 1.29 is 14.3 Å². The molecule has 0 rings (SSSR count). The van der Waals surface area contributed by atoms with Crippen molar-refractivity contribution in [2.45, 2.75) is 66.6 Å². The minimum absolute atomic E-state index is 0.172. The van der Waals surface area contributed by atoms with E-state index in [1.54, 1.807) is 0 Å². The molecule has 0 aromatic rings. The summed E-state index contributed by atoms with van der Waals surface area (Å²) in [6.45, 7) is 19.0. The molecule has 1 amide bonds. The Kier molecular flexibility index (Phi) is 9.01. The Hall–Kier alpha value is -0.810. The van der Waals surface area contributed by atoms with Crippen LogP contribution in [0.3, 0.4) is 0 Å². The lowest BCUT2D eigenvalue weighted by Gasteiger charge is -2.28. The fraction of sp³-hybridized carbons (Fsp3) is 0.941. The first kappa shape index (κ1) is 21.2. The number of nitrogens with one attached hydrogen (secondary N) is 2. The number of rotatable bonds is 9. The van der Waals surface area contributed by atoms with E-state index in [9.17, 15) is 4.79 Å². The second-order valence-electron chi connectivity index (χ2n) is 7.71. The van der Waals surface area contributed by atoms with Gasteiger partial charge in [0.15, 0.2) is 0 Å². The highest BCUT2D eigenvalue weighted by molar-refractivity contribution is 5.67. The van der Waals surface area contributed by atoms with Crippen molar-refractivity contribution in [1.82, 2.24) is 10.6 Å². The van der Waals surface area contributed by atoms with Crippen LogP contribution in [-0.4, -0.2) is 43.5 Å². The van der Waals surface area contributed by atoms with E-state index in [1.807, 2.05) is 27.7 Å². The zero-order chi connectivity index (χ0) is 17.4. The zero-order valence-electron chi connectivity index (χ0n) is 15.7. The van der Waals surface area contributed by atoms with Crippen molar-refractivity contribution in [1.29, 1.82) is 0 Å². The Bertz CT molecular complexity index is 322. The first-order valence-electron chi connectivity index (χ1n) is 8.28. The maximum atomic E-state index is 11.7. The predicted molar refractivity (Wildman–Crippen MR) is 91.1 cm³/mol. The zero-order valence-corrected chi connectivity index (χ0v) is 15.7. The molecule has 1 atom stereocenters. The molecule has 5 heteroatoms. The number of hydrogen-bond acceptors (Lipinski definition) is 4. The molecule has 0 aliphatic rings. The Labute approximate surface area is 136 Å². The fourth-order valence-electron chi connectivity index (χ4n) is 2.07. The average molecular weight is 316 g/mol. The van der Waals surface area contributed by atoms with E-state index in [2.05, 4.69) is 38.3 Å². The summed E-state index contributed by atoms with van der Waals surface area (Å²) in [5.74, 6) is 0.822. The molecule has 22 heavy (non-hydrogen) atoms. The number of hydrogen-bond donors (Lipinski definition) is 2. The highest BCUT2D eigenvalue weighted by Gasteiger charge is 2.21. The van der Waals surface area contributed by atoms with Gasteiger partial charge in [-0.05, 0) is 59.9 Å². The van der Waals surface area contributed by atoms with Crippen LogP contribution in [0.5, 0.6) is 0 Å². The van der Waals surface area contributed by atoms with E-state index < -0.39 is 5.60 Å². The maximum absolute atomic E-state index is 11.7. The molecule has 0 saturated heterocycles. The van der Waals surface area contributed by atoms with Crippen molar-refractivity contribution in [3.8, 4) is 0 Å². The minimum Gasteiger partial charge on any atom is -0.444 e. The smallest absolute Gasteiger partial charge is 0.407 e. The van der Waals surface area contributed by atoms with Crippen molar-refractivity contribution in [2.24, 2.45) is 11.8 Å². The Balaban J connectivity index is 4.20. The summed E-state index contributed by atoms with van der Waals surface area (Å²) in [6, 6.07) is 0. The molecule has 0 aliphatic heterocycles. The van der Waals surface area contributed by atoms with E-state index in [-0.39, 0.29) is 11.7 Å². The molecule has 0 radical (unpaired) electrons. The van der Waals surface area contributed by atoms with Crippen LogP contribution in [-0.2, 0) is 9.47 Å². The summed E-state index contributed by atoms with van der Waals surface area (Å²) < 4.78 is 10.9. The van der Waals surface area contributed by atoms with Crippen LogP contribution in [0.25, 0.3) is 0 Å². The molecule has 0 bridgehead atoms. The summed E-state index contributed by atoms with van der Waals surface area (Å²) >= 11 is 0. The molecular formula is C17H36N2O3. The molecule has 0 heterocycles. The molecule has 0 spiro atoms. The van der Waals surface area contributed by atoms with Gasteiger partial charge in [0.2, 0.25) is 0 Å². The van der Waals surface area contributed by atoms with Crippen LogP contribution in [0.15, 0.2) is 0 Å². The standard InChI is InChI=1S/C17H36N2O3/c1-9-21-17(7,8)12-18-10-14(13(2)3)11-19-15(20)22-16(4,5)6/h13-14,18H,9-12H2,1-8H3,(H,19,20). The van der Waals surface area contributed by atoms with Gasteiger partial charge < -0.3 is 20.1 Å².